The molecule has 0 heterocycles. The van der Waals surface area contributed by atoms with E-state index in [2.05, 4.69) is 15.9 Å². The van der Waals surface area contributed by atoms with Crippen molar-refractivity contribution in [1.82, 2.24) is 0 Å². The first-order chi connectivity index (χ1) is 12.1. The summed E-state index contributed by atoms with van der Waals surface area (Å²) in [5.74, 6) is 1.91. The second-order valence-corrected chi connectivity index (χ2v) is 5.65. The number of halogens is 1. The van der Waals surface area contributed by atoms with Gasteiger partial charge in [-0.15, -0.1) is 0 Å². The van der Waals surface area contributed by atoms with Crippen molar-refractivity contribution in [3.8, 4) is 23.0 Å². The van der Waals surface area contributed by atoms with E-state index in [1.165, 1.54) is 14.2 Å². The maximum atomic E-state index is 12.2. The fourth-order valence-electron chi connectivity index (χ4n) is 2.04. The van der Waals surface area contributed by atoms with E-state index in [1.807, 2.05) is 0 Å². The molecule has 0 fully saturated rings. The van der Waals surface area contributed by atoms with Crippen LogP contribution < -0.4 is 18.9 Å². The first-order valence-corrected chi connectivity index (χ1v) is 8.23. The fourth-order valence-corrected chi connectivity index (χ4v) is 2.59. The summed E-state index contributed by atoms with van der Waals surface area (Å²) in [5.41, 5.74) is 0.335. The van der Waals surface area contributed by atoms with Gasteiger partial charge in [-0.05, 0) is 52.3 Å². The molecule has 25 heavy (non-hydrogen) atoms. The first-order valence-electron chi connectivity index (χ1n) is 7.44. The lowest BCUT2D eigenvalue weighted by Gasteiger charge is -2.12. The molecule has 7 heteroatoms. The van der Waals surface area contributed by atoms with Crippen LogP contribution in [0.25, 0.3) is 0 Å². The second-order valence-electron chi connectivity index (χ2n) is 4.85. The summed E-state index contributed by atoms with van der Waals surface area (Å²) in [6.07, 6.45) is 0. The van der Waals surface area contributed by atoms with Gasteiger partial charge in [-0.1, -0.05) is 0 Å². The molecule has 0 aliphatic carbocycles. The zero-order chi connectivity index (χ0) is 18.2. The molecule has 0 aromatic heterocycles. The number of carbonyl (C=O) groups is 1. The smallest absolute Gasteiger partial charge is 0.338 e. The number of hydrogen-bond acceptors (Lipinski definition) is 6. The van der Waals surface area contributed by atoms with Gasteiger partial charge in [0.1, 0.15) is 40.7 Å². The highest BCUT2D eigenvalue weighted by molar-refractivity contribution is 9.10. The molecule has 2 aromatic carbocycles. The third-order valence-corrected chi connectivity index (χ3v) is 4.11. The van der Waals surface area contributed by atoms with E-state index in [4.69, 9.17) is 23.7 Å². The Bertz CT molecular complexity index is 689. The summed E-state index contributed by atoms with van der Waals surface area (Å²) in [7, 11) is 4.62. The maximum Gasteiger partial charge on any atom is 0.338 e. The van der Waals surface area contributed by atoms with Crippen molar-refractivity contribution in [2.45, 2.75) is 0 Å². The predicted octanol–water partition coefficient (Wildman–Crippen LogP) is 3.71. The van der Waals surface area contributed by atoms with E-state index in [-0.39, 0.29) is 13.2 Å². The van der Waals surface area contributed by atoms with Crippen LogP contribution in [0.3, 0.4) is 0 Å². The van der Waals surface area contributed by atoms with Crippen molar-refractivity contribution in [2.75, 3.05) is 34.5 Å². The van der Waals surface area contributed by atoms with Crippen LogP contribution in [-0.2, 0) is 4.74 Å². The largest absolute Gasteiger partial charge is 0.497 e. The minimum Gasteiger partial charge on any atom is -0.497 e. The van der Waals surface area contributed by atoms with Gasteiger partial charge in [0.15, 0.2) is 0 Å². The Labute approximate surface area is 154 Å². The van der Waals surface area contributed by atoms with Crippen molar-refractivity contribution in [2.24, 2.45) is 0 Å². The quantitative estimate of drug-likeness (QED) is 0.488. The molecule has 0 saturated heterocycles. The van der Waals surface area contributed by atoms with Crippen molar-refractivity contribution in [3.05, 3.63) is 46.4 Å². The van der Waals surface area contributed by atoms with E-state index in [9.17, 15) is 4.79 Å². The van der Waals surface area contributed by atoms with Crippen LogP contribution in [0.1, 0.15) is 10.4 Å². The Morgan fingerprint density at radius 3 is 1.96 bits per heavy atom. The van der Waals surface area contributed by atoms with Gasteiger partial charge >= 0.3 is 5.97 Å². The van der Waals surface area contributed by atoms with Gasteiger partial charge in [0, 0.05) is 0 Å². The first kappa shape index (κ1) is 18.9. The molecule has 0 spiro atoms. The van der Waals surface area contributed by atoms with Crippen LogP contribution in [0, 0.1) is 0 Å². The summed E-state index contributed by atoms with van der Waals surface area (Å²) in [4.78, 5) is 12.2. The lowest BCUT2D eigenvalue weighted by molar-refractivity contribution is 0.0449. The molecule has 2 rings (SSSR count). The Balaban J connectivity index is 1.89. The van der Waals surface area contributed by atoms with Crippen LogP contribution in [0.2, 0.25) is 0 Å². The van der Waals surface area contributed by atoms with Crippen molar-refractivity contribution >= 4 is 21.9 Å². The molecule has 0 unspecified atom stereocenters. The van der Waals surface area contributed by atoms with Crippen molar-refractivity contribution < 1.29 is 28.5 Å². The summed E-state index contributed by atoms with van der Waals surface area (Å²) < 4.78 is 26.9. The van der Waals surface area contributed by atoms with Gasteiger partial charge in [-0.2, -0.15) is 0 Å². The molecule has 0 aliphatic heterocycles. The number of rotatable bonds is 8. The fraction of sp³-hybridized carbons (Fsp3) is 0.278. The number of benzene rings is 2. The van der Waals surface area contributed by atoms with Crippen LogP contribution in [0.4, 0.5) is 0 Å². The van der Waals surface area contributed by atoms with Gasteiger partial charge in [-0.25, -0.2) is 4.79 Å². The summed E-state index contributed by atoms with van der Waals surface area (Å²) in [5, 5.41) is 0. The van der Waals surface area contributed by atoms with E-state index >= 15 is 0 Å². The summed E-state index contributed by atoms with van der Waals surface area (Å²) in [6.45, 7) is 0.356. The third kappa shape index (κ3) is 5.03. The van der Waals surface area contributed by atoms with Crippen LogP contribution in [-0.4, -0.2) is 40.5 Å². The van der Waals surface area contributed by atoms with E-state index in [0.29, 0.717) is 27.3 Å². The molecule has 6 nitrogen and oxygen atoms in total. The molecule has 0 N–H and O–H groups in total. The Morgan fingerprint density at radius 2 is 1.44 bits per heavy atom. The molecule has 134 valence electrons. The molecule has 0 aliphatic rings. The van der Waals surface area contributed by atoms with E-state index < -0.39 is 5.97 Å². The Kier molecular flexibility index (Phi) is 6.94. The topological polar surface area (TPSA) is 63.2 Å². The Morgan fingerprint density at radius 1 is 0.880 bits per heavy atom. The van der Waals surface area contributed by atoms with Crippen LogP contribution in [0.5, 0.6) is 23.0 Å². The zero-order valence-electron chi connectivity index (χ0n) is 14.2. The normalized spacial score (nSPS) is 10.1. The van der Waals surface area contributed by atoms with Crippen LogP contribution >= 0.6 is 15.9 Å². The van der Waals surface area contributed by atoms with Gasteiger partial charge in [0.25, 0.3) is 0 Å². The SMILES string of the molecule is COc1ccc(OCCOC(=O)c2cc(OC)c(Br)c(OC)c2)cc1. The highest BCUT2D eigenvalue weighted by atomic mass is 79.9. The lowest BCUT2D eigenvalue weighted by Crippen LogP contribution is -2.12. The highest BCUT2D eigenvalue weighted by Gasteiger charge is 2.15. The average molecular weight is 411 g/mol. The number of esters is 1. The predicted molar refractivity (Wildman–Crippen MR) is 96.0 cm³/mol. The molecular formula is C18H19BrO6. The summed E-state index contributed by atoms with van der Waals surface area (Å²) in [6, 6.07) is 10.3. The molecule has 2 aromatic rings. The minimum absolute atomic E-state index is 0.117. The molecular weight excluding hydrogens is 392 g/mol. The standard InChI is InChI=1S/C18H19BrO6/c1-21-13-4-6-14(7-5-13)24-8-9-25-18(20)12-10-15(22-2)17(19)16(11-12)23-3/h4-7,10-11H,8-9H2,1-3H3. The van der Waals surface area contributed by atoms with Gasteiger partial charge < -0.3 is 23.7 Å². The van der Waals surface area contributed by atoms with E-state index in [1.54, 1.807) is 43.5 Å². The van der Waals surface area contributed by atoms with Crippen molar-refractivity contribution in [3.63, 3.8) is 0 Å². The van der Waals surface area contributed by atoms with Gasteiger partial charge in [0.2, 0.25) is 0 Å². The van der Waals surface area contributed by atoms with Gasteiger partial charge in [-0.3, -0.25) is 0 Å². The molecule has 0 saturated carbocycles. The van der Waals surface area contributed by atoms with E-state index in [0.717, 1.165) is 5.75 Å². The lowest BCUT2D eigenvalue weighted by atomic mass is 10.2. The minimum atomic E-state index is -0.484. The number of carbonyl (C=O) groups excluding carboxylic acids is 1. The van der Waals surface area contributed by atoms with Gasteiger partial charge in [0.05, 0.1) is 26.9 Å². The Hall–Kier alpha value is -2.41. The number of ether oxygens (including phenoxy) is 5. The molecule has 0 radical (unpaired) electrons. The third-order valence-electron chi connectivity index (χ3n) is 3.33. The monoisotopic (exact) mass is 410 g/mol. The molecule has 0 atom stereocenters. The van der Waals surface area contributed by atoms with Crippen molar-refractivity contribution in [1.29, 1.82) is 0 Å². The molecule has 0 bridgehead atoms. The highest BCUT2D eigenvalue weighted by Crippen LogP contribution is 2.35. The second kappa shape index (κ2) is 9.17. The maximum absolute atomic E-state index is 12.2. The number of hydrogen-bond donors (Lipinski definition) is 0. The average Bonchev–Trinajstić information content (AvgIpc) is 2.65. The number of methoxy groups -OCH3 is 3. The van der Waals surface area contributed by atoms with Crippen LogP contribution in [0.15, 0.2) is 40.9 Å². The zero-order valence-corrected chi connectivity index (χ0v) is 15.8. The molecule has 0 amide bonds. The summed E-state index contributed by atoms with van der Waals surface area (Å²) >= 11 is 3.35.